The van der Waals surface area contributed by atoms with E-state index < -0.39 is 0 Å². The molecule has 0 spiro atoms. The van der Waals surface area contributed by atoms with Crippen LogP contribution in [0.1, 0.15) is 38.5 Å². The van der Waals surface area contributed by atoms with E-state index in [0.717, 1.165) is 51.1 Å². The lowest BCUT2D eigenvalue weighted by atomic mass is 9.86. The minimum Gasteiger partial charge on any atom is -0.302 e. The van der Waals surface area contributed by atoms with Crippen molar-refractivity contribution >= 4 is 34.2 Å². The average Bonchev–Trinajstić information content (AvgIpc) is 2.07. The number of carbonyl (C=O) groups excluding carboxylic acids is 2. The molecule has 2 aliphatic rings. The Kier molecular flexibility index (Phi) is 2.93. The van der Waals surface area contributed by atoms with Gasteiger partial charge in [-0.15, -0.1) is 0 Å². The molecule has 0 atom stereocenters. The molecule has 0 aromatic carbocycles. The molecule has 0 radical (unpaired) electrons. The van der Waals surface area contributed by atoms with E-state index in [0.29, 0.717) is 0 Å². The van der Waals surface area contributed by atoms with Gasteiger partial charge >= 0.3 is 0 Å². The molecular weight excluding hydrogens is 216 g/mol. The van der Waals surface area contributed by atoms with Gasteiger partial charge in [-0.2, -0.15) is 0 Å². The van der Waals surface area contributed by atoms with Gasteiger partial charge in [-0.3, -0.25) is 0 Å². The van der Waals surface area contributed by atoms with E-state index >= 15 is 0 Å². The highest BCUT2D eigenvalue weighted by Gasteiger charge is 2.44. The topological polar surface area (TPSA) is 34.1 Å². The first-order valence-electron chi connectivity index (χ1n) is 5.04. The molecule has 0 saturated heterocycles. The number of hydrogen-bond donors (Lipinski definition) is 0. The second-order valence-corrected chi connectivity index (χ2v) is 7.20. The molecule has 0 N–H and O–H groups in total. The summed E-state index contributed by atoms with van der Waals surface area (Å²) in [4.78, 5) is 21.8. The molecule has 2 aliphatic carbocycles. The normalized spacial score (nSPS) is 27.1. The van der Waals surface area contributed by atoms with Crippen molar-refractivity contribution in [3.8, 4) is 0 Å². The zero-order valence-corrected chi connectivity index (χ0v) is 9.66. The third-order valence-corrected chi connectivity index (χ3v) is 7.20. The molecule has 78 valence electrons. The minimum atomic E-state index is -0.156. The summed E-state index contributed by atoms with van der Waals surface area (Å²) >= 11 is 0. The van der Waals surface area contributed by atoms with Crippen LogP contribution in [0.25, 0.3) is 0 Å². The van der Waals surface area contributed by atoms with E-state index in [1.54, 1.807) is 21.6 Å². The monoisotopic (exact) mass is 230 g/mol. The van der Waals surface area contributed by atoms with Crippen molar-refractivity contribution in [3.63, 3.8) is 0 Å². The fraction of sp³-hybridized carbons (Fsp3) is 0.800. The molecule has 2 nitrogen and oxygen atoms in total. The molecule has 0 amide bonds. The van der Waals surface area contributed by atoms with Crippen LogP contribution in [-0.2, 0) is 9.59 Å². The second-order valence-electron chi connectivity index (χ2n) is 4.24. The first-order valence-corrected chi connectivity index (χ1v) is 7.19. The van der Waals surface area contributed by atoms with Crippen LogP contribution in [0.15, 0.2) is 0 Å². The van der Waals surface area contributed by atoms with Gasteiger partial charge in [0.1, 0.15) is 12.6 Å². The Morgan fingerprint density at radius 1 is 0.786 bits per heavy atom. The van der Waals surface area contributed by atoms with Crippen LogP contribution in [0.4, 0.5) is 0 Å². The third-order valence-electron chi connectivity index (χ3n) is 3.20. The Balaban J connectivity index is 1.86. The van der Waals surface area contributed by atoms with Gasteiger partial charge in [-0.05, 0) is 38.5 Å². The Morgan fingerprint density at radius 3 is 1.29 bits per heavy atom. The van der Waals surface area contributed by atoms with Crippen LogP contribution >= 0.6 is 21.6 Å². The number of rotatable bonds is 5. The van der Waals surface area contributed by atoms with Crippen LogP contribution < -0.4 is 0 Å². The lowest BCUT2D eigenvalue weighted by molar-refractivity contribution is -0.112. The zero-order valence-electron chi connectivity index (χ0n) is 8.03. The lowest BCUT2D eigenvalue weighted by Crippen LogP contribution is -2.38. The highest BCUT2D eigenvalue weighted by Crippen LogP contribution is 2.56. The van der Waals surface area contributed by atoms with Gasteiger partial charge in [0.15, 0.2) is 0 Å². The van der Waals surface area contributed by atoms with Crippen molar-refractivity contribution < 1.29 is 9.59 Å². The number of carbonyl (C=O) groups is 2. The summed E-state index contributed by atoms with van der Waals surface area (Å²) in [5, 5.41) is 0. The Morgan fingerprint density at radius 2 is 1.14 bits per heavy atom. The smallest absolute Gasteiger partial charge is 0.136 e. The summed E-state index contributed by atoms with van der Waals surface area (Å²) < 4.78 is -0.313. The van der Waals surface area contributed by atoms with Gasteiger partial charge in [0, 0.05) is 0 Å². The van der Waals surface area contributed by atoms with Crippen molar-refractivity contribution in [2.45, 2.75) is 48.0 Å². The highest BCUT2D eigenvalue weighted by molar-refractivity contribution is 8.78. The fourth-order valence-electron chi connectivity index (χ4n) is 1.66. The molecule has 0 aromatic rings. The molecule has 2 rings (SSSR count). The predicted molar refractivity (Wildman–Crippen MR) is 60.5 cm³/mol. The molecule has 2 fully saturated rings. The summed E-state index contributed by atoms with van der Waals surface area (Å²) in [7, 11) is 3.27. The van der Waals surface area contributed by atoms with Crippen molar-refractivity contribution in [1.82, 2.24) is 0 Å². The van der Waals surface area contributed by atoms with Gasteiger partial charge in [0.2, 0.25) is 0 Å². The molecule has 14 heavy (non-hydrogen) atoms. The summed E-state index contributed by atoms with van der Waals surface area (Å²) in [6.45, 7) is 0. The van der Waals surface area contributed by atoms with Gasteiger partial charge < -0.3 is 9.59 Å². The molecule has 0 heterocycles. The van der Waals surface area contributed by atoms with Gasteiger partial charge in [0.25, 0.3) is 0 Å². The maximum Gasteiger partial charge on any atom is 0.136 e. The molecule has 4 heteroatoms. The summed E-state index contributed by atoms with van der Waals surface area (Å²) in [6.07, 6.45) is 8.41. The Bertz CT molecular complexity index is 219. The highest BCUT2D eigenvalue weighted by atomic mass is 33.1. The summed E-state index contributed by atoms with van der Waals surface area (Å²) in [5.41, 5.74) is 0. The number of hydrogen-bond acceptors (Lipinski definition) is 4. The van der Waals surface area contributed by atoms with E-state index in [1.807, 2.05) is 0 Å². The molecule has 0 aliphatic heterocycles. The SMILES string of the molecule is O=CC1(SSC2(C=O)CCC2)CCC1. The quantitative estimate of drug-likeness (QED) is 0.537. The van der Waals surface area contributed by atoms with Crippen molar-refractivity contribution in [2.24, 2.45) is 0 Å². The largest absolute Gasteiger partial charge is 0.302 e. The number of aldehydes is 2. The van der Waals surface area contributed by atoms with Crippen molar-refractivity contribution in [2.75, 3.05) is 0 Å². The van der Waals surface area contributed by atoms with E-state index in [2.05, 4.69) is 0 Å². The lowest BCUT2D eigenvalue weighted by Gasteiger charge is -2.41. The average molecular weight is 230 g/mol. The van der Waals surface area contributed by atoms with Crippen LogP contribution in [-0.4, -0.2) is 22.1 Å². The molecule has 0 aromatic heterocycles. The van der Waals surface area contributed by atoms with Crippen LogP contribution in [0.3, 0.4) is 0 Å². The first-order chi connectivity index (χ1) is 6.74. The predicted octanol–water partition coefficient (Wildman–Crippen LogP) is 2.61. The van der Waals surface area contributed by atoms with Crippen molar-refractivity contribution in [3.05, 3.63) is 0 Å². The molecule has 0 unspecified atom stereocenters. The zero-order chi connectivity index (χ0) is 10.1. The fourth-order valence-corrected chi connectivity index (χ4v) is 5.21. The summed E-state index contributed by atoms with van der Waals surface area (Å²) in [5.74, 6) is 0. The minimum absolute atomic E-state index is 0.156. The van der Waals surface area contributed by atoms with Crippen LogP contribution in [0, 0.1) is 0 Å². The second kappa shape index (κ2) is 3.89. The van der Waals surface area contributed by atoms with Crippen LogP contribution in [0.5, 0.6) is 0 Å². The van der Waals surface area contributed by atoms with E-state index in [-0.39, 0.29) is 9.49 Å². The van der Waals surface area contributed by atoms with E-state index in [9.17, 15) is 9.59 Å². The van der Waals surface area contributed by atoms with Gasteiger partial charge in [-0.25, -0.2) is 0 Å². The van der Waals surface area contributed by atoms with Gasteiger partial charge in [0.05, 0.1) is 9.49 Å². The first kappa shape index (κ1) is 10.6. The maximum absolute atomic E-state index is 10.9. The Labute approximate surface area is 92.0 Å². The molecular formula is C10H14O2S2. The van der Waals surface area contributed by atoms with E-state index in [4.69, 9.17) is 0 Å². The maximum atomic E-state index is 10.9. The molecule has 0 bridgehead atoms. The Hall–Kier alpha value is 0.0400. The standard InChI is InChI=1S/C10H14O2S2/c11-7-9(3-1-4-9)13-14-10(8-12)5-2-6-10/h7-8H,1-6H2. The molecule has 2 saturated carbocycles. The van der Waals surface area contributed by atoms with Gasteiger partial charge in [-0.1, -0.05) is 21.6 Å². The third kappa shape index (κ3) is 1.74. The summed E-state index contributed by atoms with van der Waals surface area (Å²) in [6, 6.07) is 0. The van der Waals surface area contributed by atoms with Crippen LogP contribution in [0.2, 0.25) is 0 Å². The van der Waals surface area contributed by atoms with Crippen molar-refractivity contribution in [1.29, 1.82) is 0 Å². The van der Waals surface area contributed by atoms with E-state index in [1.165, 1.54) is 0 Å².